The number of carbonyl (C=O) groups is 1. The Balaban J connectivity index is 2.49. The first-order valence-electron chi connectivity index (χ1n) is 5.97. The zero-order valence-corrected chi connectivity index (χ0v) is 11.7. The van der Waals surface area contributed by atoms with Crippen LogP contribution in [0, 0.1) is 5.92 Å². The van der Waals surface area contributed by atoms with E-state index in [9.17, 15) is 4.79 Å². The lowest BCUT2D eigenvalue weighted by atomic mass is 10.0. The monoisotopic (exact) mass is 255 g/mol. The van der Waals surface area contributed by atoms with Gasteiger partial charge in [-0.1, -0.05) is 19.9 Å². The summed E-state index contributed by atoms with van der Waals surface area (Å²) in [6.45, 7) is 8.27. The molecule has 4 heteroatoms. The van der Waals surface area contributed by atoms with Crippen LogP contribution < -0.4 is 5.32 Å². The number of nitrogens with one attached hydrogen (secondary N) is 1. The van der Waals surface area contributed by atoms with E-state index >= 15 is 0 Å². The summed E-state index contributed by atoms with van der Waals surface area (Å²) in [5.41, 5.74) is 0. The summed E-state index contributed by atoms with van der Waals surface area (Å²) in [4.78, 5) is 12.7. The average molecular weight is 255 g/mol. The highest BCUT2D eigenvalue weighted by Crippen LogP contribution is 2.25. The third-order valence-electron chi connectivity index (χ3n) is 2.35. The fourth-order valence-corrected chi connectivity index (χ4v) is 2.60. The summed E-state index contributed by atoms with van der Waals surface area (Å²) >= 11 is 1.71. The number of thiophene rings is 1. The van der Waals surface area contributed by atoms with Gasteiger partial charge < -0.3 is 4.74 Å². The Morgan fingerprint density at radius 3 is 2.59 bits per heavy atom. The van der Waals surface area contributed by atoms with E-state index in [1.54, 1.807) is 11.3 Å². The first-order valence-corrected chi connectivity index (χ1v) is 6.85. The van der Waals surface area contributed by atoms with Gasteiger partial charge in [-0.05, 0) is 31.2 Å². The van der Waals surface area contributed by atoms with Crippen molar-refractivity contribution in [2.45, 2.75) is 39.8 Å². The van der Waals surface area contributed by atoms with Gasteiger partial charge in [0.25, 0.3) is 0 Å². The summed E-state index contributed by atoms with van der Waals surface area (Å²) in [6, 6.07) is 4.34. The summed E-state index contributed by atoms with van der Waals surface area (Å²) in [7, 11) is 0. The second kappa shape index (κ2) is 6.77. The van der Waals surface area contributed by atoms with Gasteiger partial charge in [0.05, 0.1) is 12.6 Å². The van der Waals surface area contributed by atoms with E-state index in [0.29, 0.717) is 5.92 Å². The molecule has 0 aliphatic carbocycles. The fourth-order valence-electron chi connectivity index (χ4n) is 1.63. The number of ether oxygens (including phenoxy) is 1. The molecule has 3 nitrogen and oxygen atoms in total. The molecule has 0 bridgehead atoms. The van der Waals surface area contributed by atoms with Gasteiger partial charge in [0.1, 0.15) is 0 Å². The van der Waals surface area contributed by atoms with Crippen LogP contribution >= 0.6 is 11.3 Å². The van der Waals surface area contributed by atoms with Gasteiger partial charge in [-0.15, -0.1) is 11.3 Å². The molecule has 96 valence electrons. The van der Waals surface area contributed by atoms with Crippen molar-refractivity contribution in [1.29, 1.82) is 0 Å². The number of carbonyl (C=O) groups excluding carboxylic acids is 1. The lowest BCUT2D eigenvalue weighted by molar-refractivity contribution is -0.146. The number of hydrogen-bond donors (Lipinski definition) is 1. The van der Waals surface area contributed by atoms with Crippen LogP contribution in [0.25, 0.3) is 0 Å². The van der Waals surface area contributed by atoms with Crippen LogP contribution in [0.4, 0.5) is 0 Å². The Morgan fingerprint density at radius 1 is 1.41 bits per heavy atom. The van der Waals surface area contributed by atoms with E-state index < -0.39 is 0 Å². The van der Waals surface area contributed by atoms with Crippen LogP contribution in [-0.2, 0) is 9.53 Å². The molecule has 0 spiro atoms. The molecule has 1 aromatic heterocycles. The van der Waals surface area contributed by atoms with Gasteiger partial charge in [-0.25, -0.2) is 0 Å². The predicted octanol–water partition coefficient (Wildman–Crippen LogP) is 2.99. The van der Waals surface area contributed by atoms with Gasteiger partial charge in [-0.3, -0.25) is 10.1 Å². The van der Waals surface area contributed by atoms with Crippen molar-refractivity contribution in [3.05, 3.63) is 22.4 Å². The van der Waals surface area contributed by atoms with E-state index in [1.807, 2.05) is 19.9 Å². The Labute approximate surface area is 107 Å². The molecule has 1 heterocycles. The lowest BCUT2D eigenvalue weighted by Gasteiger charge is -2.21. The normalized spacial score (nSPS) is 13.1. The minimum Gasteiger partial charge on any atom is -0.462 e. The lowest BCUT2D eigenvalue weighted by Crippen LogP contribution is -2.32. The van der Waals surface area contributed by atoms with Crippen molar-refractivity contribution < 1.29 is 9.53 Å². The Bertz CT molecular complexity index is 333. The highest BCUT2D eigenvalue weighted by Gasteiger charge is 2.17. The molecule has 1 unspecified atom stereocenters. The van der Waals surface area contributed by atoms with E-state index in [0.717, 1.165) is 0 Å². The van der Waals surface area contributed by atoms with Crippen molar-refractivity contribution in [3.63, 3.8) is 0 Å². The quantitative estimate of drug-likeness (QED) is 0.794. The summed E-state index contributed by atoms with van der Waals surface area (Å²) in [5.74, 6) is 0.253. The van der Waals surface area contributed by atoms with Gasteiger partial charge in [-0.2, -0.15) is 0 Å². The first kappa shape index (κ1) is 14.2. The molecule has 17 heavy (non-hydrogen) atoms. The molecule has 1 N–H and O–H groups in total. The number of hydrogen-bond acceptors (Lipinski definition) is 4. The fraction of sp³-hybridized carbons (Fsp3) is 0.615. The molecule has 1 rings (SSSR count). The Kier molecular flexibility index (Phi) is 5.65. The van der Waals surface area contributed by atoms with Crippen molar-refractivity contribution in [2.24, 2.45) is 5.92 Å². The van der Waals surface area contributed by atoms with E-state index in [-0.39, 0.29) is 24.7 Å². The number of esters is 1. The minimum atomic E-state index is -0.192. The smallest absolute Gasteiger partial charge is 0.320 e. The van der Waals surface area contributed by atoms with Gasteiger partial charge >= 0.3 is 5.97 Å². The molecule has 1 atom stereocenters. The van der Waals surface area contributed by atoms with Crippen molar-refractivity contribution in [2.75, 3.05) is 6.54 Å². The largest absolute Gasteiger partial charge is 0.462 e. The summed E-state index contributed by atoms with van der Waals surface area (Å²) in [6.07, 6.45) is -0.0523. The Morgan fingerprint density at radius 2 is 2.12 bits per heavy atom. The number of rotatable bonds is 6. The second-order valence-electron chi connectivity index (χ2n) is 4.66. The van der Waals surface area contributed by atoms with Crippen LogP contribution in [0.3, 0.4) is 0 Å². The Hall–Kier alpha value is -0.870. The summed E-state index contributed by atoms with van der Waals surface area (Å²) in [5, 5.41) is 5.32. The van der Waals surface area contributed by atoms with E-state index in [1.165, 1.54) is 4.88 Å². The SMILES string of the molecule is CC(C)OC(=O)CNC(c1cccs1)C(C)C. The molecule has 0 amide bonds. The van der Waals surface area contributed by atoms with Gasteiger partial charge in [0, 0.05) is 10.9 Å². The van der Waals surface area contributed by atoms with Crippen LogP contribution in [-0.4, -0.2) is 18.6 Å². The molecule has 0 aliphatic rings. The highest BCUT2D eigenvalue weighted by atomic mass is 32.1. The van der Waals surface area contributed by atoms with Crippen LogP contribution in [0.15, 0.2) is 17.5 Å². The maximum Gasteiger partial charge on any atom is 0.320 e. The van der Waals surface area contributed by atoms with Gasteiger partial charge in [0.2, 0.25) is 0 Å². The van der Waals surface area contributed by atoms with Crippen LogP contribution in [0.1, 0.15) is 38.6 Å². The molecule has 0 radical (unpaired) electrons. The molecule has 0 saturated heterocycles. The molecular formula is C13H21NO2S. The molecule has 1 aromatic rings. The third-order valence-corrected chi connectivity index (χ3v) is 3.31. The molecular weight excluding hydrogens is 234 g/mol. The molecule has 0 saturated carbocycles. The highest BCUT2D eigenvalue weighted by molar-refractivity contribution is 7.10. The van der Waals surface area contributed by atoms with Gasteiger partial charge in [0.15, 0.2) is 0 Å². The topological polar surface area (TPSA) is 38.3 Å². The first-order chi connectivity index (χ1) is 8.00. The van der Waals surface area contributed by atoms with Crippen molar-refractivity contribution in [3.8, 4) is 0 Å². The molecule has 0 aliphatic heterocycles. The summed E-state index contributed by atoms with van der Waals surface area (Å²) < 4.78 is 5.10. The molecule has 0 fully saturated rings. The standard InChI is InChI=1S/C13H21NO2S/c1-9(2)13(11-6-5-7-17-11)14-8-12(15)16-10(3)4/h5-7,9-10,13-14H,8H2,1-4H3. The molecule has 0 aromatic carbocycles. The van der Waals surface area contributed by atoms with E-state index in [4.69, 9.17) is 4.74 Å². The third kappa shape index (κ3) is 4.88. The van der Waals surface area contributed by atoms with Crippen LogP contribution in [0.2, 0.25) is 0 Å². The van der Waals surface area contributed by atoms with E-state index in [2.05, 4.69) is 30.6 Å². The zero-order valence-electron chi connectivity index (χ0n) is 10.9. The predicted molar refractivity (Wildman–Crippen MR) is 71.1 cm³/mol. The maximum absolute atomic E-state index is 11.5. The van der Waals surface area contributed by atoms with Crippen molar-refractivity contribution in [1.82, 2.24) is 5.32 Å². The van der Waals surface area contributed by atoms with Crippen LogP contribution in [0.5, 0.6) is 0 Å². The minimum absolute atomic E-state index is 0.0523. The second-order valence-corrected chi connectivity index (χ2v) is 5.64. The van der Waals surface area contributed by atoms with Crippen molar-refractivity contribution >= 4 is 17.3 Å². The average Bonchev–Trinajstić information content (AvgIpc) is 2.69. The zero-order chi connectivity index (χ0) is 12.8. The maximum atomic E-state index is 11.5.